The molecule has 0 aromatic heterocycles. The van der Waals surface area contributed by atoms with Gasteiger partial charge in [0.2, 0.25) is 0 Å². The van der Waals surface area contributed by atoms with Crippen LogP contribution in [0.2, 0.25) is 5.02 Å². The number of hydrogen-bond acceptors (Lipinski definition) is 2. The minimum Gasteiger partial charge on any atom is -0.487 e. The molecule has 104 valence electrons. The second kappa shape index (κ2) is 5.97. The predicted octanol–water partition coefficient (Wildman–Crippen LogP) is 4.23. The predicted molar refractivity (Wildman–Crippen MR) is 78.7 cm³/mol. The van der Waals surface area contributed by atoms with Crippen molar-refractivity contribution in [3.63, 3.8) is 0 Å². The van der Waals surface area contributed by atoms with Gasteiger partial charge in [-0.25, -0.2) is 4.79 Å². The Morgan fingerprint density at radius 1 is 1.20 bits per heavy atom. The molecule has 0 aliphatic carbocycles. The summed E-state index contributed by atoms with van der Waals surface area (Å²) in [5, 5.41) is 9.49. The van der Waals surface area contributed by atoms with Crippen LogP contribution in [0, 0.1) is 13.8 Å². The lowest BCUT2D eigenvalue weighted by molar-refractivity contribution is 0.0696. The van der Waals surface area contributed by atoms with E-state index in [0.717, 1.165) is 16.7 Å². The van der Waals surface area contributed by atoms with Crippen molar-refractivity contribution < 1.29 is 14.6 Å². The van der Waals surface area contributed by atoms with Crippen LogP contribution in [0.25, 0.3) is 0 Å². The first-order valence-corrected chi connectivity index (χ1v) is 6.57. The molecular weight excluding hydrogens is 276 g/mol. The Morgan fingerprint density at radius 2 is 1.95 bits per heavy atom. The van der Waals surface area contributed by atoms with E-state index in [1.807, 2.05) is 26.0 Å². The summed E-state index contributed by atoms with van der Waals surface area (Å²) in [7, 11) is 0. The molecule has 0 atom stereocenters. The van der Waals surface area contributed by atoms with Gasteiger partial charge in [0.05, 0.1) is 10.6 Å². The fourth-order valence-electron chi connectivity index (χ4n) is 1.87. The highest BCUT2D eigenvalue weighted by Crippen LogP contribution is 2.26. The molecule has 3 nitrogen and oxygen atoms in total. The largest absolute Gasteiger partial charge is 0.487 e. The normalized spacial score (nSPS) is 10.3. The van der Waals surface area contributed by atoms with Crippen molar-refractivity contribution in [2.75, 3.05) is 0 Å². The molecule has 0 unspecified atom stereocenters. The molecular formula is C16H15ClO3. The summed E-state index contributed by atoms with van der Waals surface area (Å²) >= 11 is 6.07. The molecule has 2 aromatic carbocycles. The maximum Gasteiger partial charge on any atom is 0.335 e. The Kier molecular flexibility index (Phi) is 4.30. The SMILES string of the molecule is Cc1ccc(Cl)c(OCc2ccc(C(=O)O)cc2C)c1. The zero-order chi connectivity index (χ0) is 14.7. The highest BCUT2D eigenvalue weighted by atomic mass is 35.5. The third kappa shape index (κ3) is 3.31. The minimum atomic E-state index is -0.928. The zero-order valence-corrected chi connectivity index (χ0v) is 12.1. The average molecular weight is 291 g/mol. The van der Waals surface area contributed by atoms with Crippen molar-refractivity contribution in [1.82, 2.24) is 0 Å². The third-order valence-electron chi connectivity index (χ3n) is 3.06. The number of aromatic carboxylic acids is 1. The fourth-order valence-corrected chi connectivity index (χ4v) is 2.04. The van der Waals surface area contributed by atoms with Crippen LogP contribution in [0.5, 0.6) is 5.75 Å². The van der Waals surface area contributed by atoms with Gasteiger partial charge < -0.3 is 9.84 Å². The van der Waals surface area contributed by atoms with E-state index in [9.17, 15) is 4.79 Å². The van der Waals surface area contributed by atoms with Crippen molar-refractivity contribution >= 4 is 17.6 Å². The maximum atomic E-state index is 10.9. The van der Waals surface area contributed by atoms with Crippen molar-refractivity contribution in [2.24, 2.45) is 0 Å². The number of ether oxygens (including phenoxy) is 1. The highest BCUT2D eigenvalue weighted by Gasteiger charge is 2.07. The lowest BCUT2D eigenvalue weighted by Crippen LogP contribution is -2.02. The summed E-state index contributed by atoms with van der Waals surface area (Å²) in [4.78, 5) is 10.9. The van der Waals surface area contributed by atoms with Crippen LogP contribution in [0.4, 0.5) is 0 Å². The van der Waals surface area contributed by atoms with E-state index in [0.29, 0.717) is 17.4 Å². The number of halogens is 1. The number of carboxylic acids is 1. The van der Waals surface area contributed by atoms with Gasteiger partial charge in [0.25, 0.3) is 0 Å². The summed E-state index contributed by atoms with van der Waals surface area (Å²) in [5.74, 6) is -0.296. The van der Waals surface area contributed by atoms with Crippen molar-refractivity contribution in [1.29, 1.82) is 0 Å². The molecule has 0 radical (unpaired) electrons. The van der Waals surface area contributed by atoms with Gasteiger partial charge >= 0.3 is 5.97 Å². The Bertz CT molecular complexity index is 650. The number of benzene rings is 2. The molecule has 0 saturated carbocycles. The molecule has 4 heteroatoms. The standard InChI is InChI=1S/C16H15ClO3/c1-10-3-6-14(17)15(7-10)20-9-13-5-4-12(16(18)19)8-11(13)2/h3-8H,9H2,1-2H3,(H,18,19). The first kappa shape index (κ1) is 14.4. The number of hydrogen-bond donors (Lipinski definition) is 1. The number of carboxylic acid groups (broad SMARTS) is 1. The minimum absolute atomic E-state index is 0.278. The van der Waals surface area contributed by atoms with Gasteiger partial charge in [0.1, 0.15) is 12.4 Å². The molecule has 0 aliphatic rings. The average Bonchev–Trinajstić information content (AvgIpc) is 2.40. The van der Waals surface area contributed by atoms with Gasteiger partial charge in [-0.15, -0.1) is 0 Å². The van der Waals surface area contributed by atoms with Crippen molar-refractivity contribution in [2.45, 2.75) is 20.5 Å². The Hall–Kier alpha value is -2.00. The van der Waals surface area contributed by atoms with Gasteiger partial charge in [-0.1, -0.05) is 23.7 Å². The van der Waals surface area contributed by atoms with Crippen LogP contribution in [0.15, 0.2) is 36.4 Å². The molecule has 1 N–H and O–H groups in total. The van der Waals surface area contributed by atoms with Gasteiger partial charge in [0.15, 0.2) is 0 Å². The molecule has 0 heterocycles. The van der Waals surface area contributed by atoms with Crippen LogP contribution >= 0.6 is 11.6 Å². The summed E-state index contributed by atoms with van der Waals surface area (Å²) in [6.07, 6.45) is 0. The molecule has 0 aliphatic heterocycles. The number of rotatable bonds is 4. The molecule has 0 fully saturated rings. The zero-order valence-electron chi connectivity index (χ0n) is 11.3. The van der Waals surface area contributed by atoms with Crippen LogP contribution in [0.1, 0.15) is 27.0 Å². The maximum absolute atomic E-state index is 10.9. The highest BCUT2D eigenvalue weighted by molar-refractivity contribution is 6.32. The lowest BCUT2D eigenvalue weighted by atomic mass is 10.1. The first-order valence-electron chi connectivity index (χ1n) is 6.19. The number of carbonyl (C=O) groups is 1. The molecule has 2 aromatic rings. The molecule has 0 amide bonds. The van der Waals surface area contributed by atoms with Crippen LogP contribution < -0.4 is 4.74 Å². The van der Waals surface area contributed by atoms with E-state index in [4.69, 9.17) is 21.4 Å². The van der Waals surface area contributed by atoms with E-state index in [-0.39, 0.29) is 5.56 Å². The Morgan fingerprint density at radius 3 is 2.60 bits per heavy atom. The Labute approximate surface area is 122 Å². The van der Waals surface area contributed by atoms with Crippen LogP contribution in [-0.4, -0.2) is 11.1 Å². The molecule has 0 spiro atoms. The third-order valence-corrected chi connectivity index (χ3v) is 3.37. The topological polar surface area (TPSA) is 46.5 Å². The monoisotopic (exact) mass is 290 g/mol. The second-order valence-electron chi connectivity index (χ2n) is 4.67. The van der Waals surface area contributed by atoms with E-state index in [2.05, 4.69) is 0 Å². The number of aryl methyl sites for hydroxylation is 2. The summed E-state index contributed by atoms with van der Waals surface area (Å²) in [5.41, 5.74) is 3.17. The smallest absolute Gasteiger partial charge is 0.335 e. The Balaban J connectivity index is 2.15. The van der Waals surface area contributed by atoms with Gasteiger partial charge in [-0.3, -0.25) is 0 Å². The van der Waals surface area contributed by atoms with Crippen LogP contribution in [-0.2, 0) is 6.61 Å². The van der Waals surface area contributed by atoms with E-state index >= 15 is 0 Å². The van der Waals surface area contributed by atoms with E-state index in [1.165, 1.54) is 0 Å². The molecule has 0 bridgehead atoms. The van der Waals surface area contributed by atoms with Crippen molar-refractivity contribution in [3.8, 4) is 5.75 Å². The molecule has 0 saturated heterocycles. The van der Waals surface area contributed by atoms with E-state index in [1.54, 1.807) is 24.3 Å². The van der Waals surface area contributed by atoms with Gasteiger partial charge in [-0.05, 0) is 54.8 Å². The van der Waals surface area contributed by atoms with Gasteiger partial charge in [0, 0.05) is 0 Å². The lowest BCUT2D eigenvalue weighted by Gasteiger charge is -2.11. The fraction of sp³-hybridized carbons (Fsp3) is 0.188. The summed E-state index contributed by atoms with van der Waals surface area (Å²) in [6.45, 7) is 4.19. The molecule has 20 heavy (non-hydrogen) atoms. The quantitative estimate of drug-likeness (QED) is 0.916. The first-order chi connectivity index (χ1) is 9.47. The second-order valence-corrected chi connectivity index (χ2v) is 5.08. The van der Waals surface area contributed by atoms with Gasteiger partial charge in [-0.2, -0.15) is 0 Å². The summed E-state index contributed by atoms with van der Waals surface area (Å²) in [6, 6.07) is 10.6. The van der Waals surface area contributed by atoms with E-state index < -0.39 is 5.97 Å². The molecule has 2 rings (SSSR count). The van der Waals surface area contributed by atoms with Crippen molar-refractivity contribution in [3.05, 3.63) is 63.7 Å². The van der Waals surface area contributed by atoms with Crippen LogP contribution in [0.3, 0.4) is 0 Å². The summed E-state index contributed by atoms with van der Waals surface area (Å²) < 4.78 is 5.71.